The molecule has 0 fully saturated rings. The zero-order valence-corrected chi connectivity index (χ0v) is 16.9. The standard InChI is InChI=1S/C25H21FN4O/c26-21-9-5-4-8-19(21)22-11-10-17(14-27-22)15-30-13-12-23-20(16-30)25(31)29-24(28-23)18-6-2-1-3-7-18/h1-11,14H,12-13,15-16H2,(H,28,29,31). The lowest BCUT2D eigenvalue weighted by Gasteiger charge is -2.27. The number of hydrogen-bond acceptors (Lipinski definition) is 4. The Hall–Kier alpha value is -3.64. The summed E-state index contributed by atoms with van der Waals surface area (Å²) >= 11 is 0. The van der Waals surface area contributed by atoms with Crippen molar-refractivity contribution in [2.45, 2.75) is 19.5 Å². The molecule has 0 unspecified atom stereocenters. The SMILES string of the molecule is O=c1[nH]c(-c2ccccc2)nc2c1CN(Cc1ccc(-c3ccccc3F)nc1)CC2. The highest BCUT2D eigenvalue weighted by atomic mass is 19.1. The average Bonchev–Trinajstić information content (AvgIpc) is 2.81. The first kappa shape index (κ1) is 19.3. The Bertz CT molecular complexity index is 1270. The minimum Gasteiger partial charge on any atom is -0.306 e. The van der Waals surface area contributed by atoms with Gasteiger partial charge in [-0.1, -0.05) is 48.5 Å². The normalized spacial score (nSPS) is 13.7. The lowest BCUT2D eigenvalue weighted by atomic mass is 10.1. The topological polar surface area (TPSA) is 61.9 Å². The smallest absolute Gasteiger partial charge is 0.255 e. The number of aromatic amines is 1. The maximum Gasteiger partial charge on any atom is 0.255 e. The average molecular weight is 412 g/mol. The zero-order chi connectivity index (χ0) is 21.2. The first-order chi connectivity index (χ1) is 15.2. The van der Waals surface area contributed by atoms with Crippen molar-refractivity contribution in [1.29, 1.82) is 0 Å². The van der Waals surface area contributed by atoms with Gasteiger partial charge in [0.2, 0.25) is 0 Å². The van der Waals surface area contributed by atoms with Crippen LogP contribution in [-0.4, -0.2) is 26.4 Å². The van der Waals surface area contributed by atoms with Crippen molar-refractivity contribution in [3.63, 3.8) is 0 Å². The number of hydrogen-bond donors (Lipinski definition) is 1. The molecule has 5 nitrogen and oxygen atoms in total. The van der Waals surface area contributed by atoms with Gasteiger partial charge < -0.3 is 4.98 Å². The fourth-order valence-corrected chi connectivity index (χ4v) is 3.95. The molecule has 0 atom stereocenters. The van der Waals surface area contributed by atoms with E-state index in [1.165, 1.54) is 6.07 Å². The van der Waals surface area contributed by atoms with Crippen molar-refractivity contribution in [3.05, 3.63) is 106 Å². The van der Waals surface area contributed by atoms with Gasteiger partial charge >= 0.3 is 0 Å². The predicted octanol–water partition coefficient (Wildman–Crippen LogP) is 4.20. The summed E-state index contributed by atoms with van der Waals surface area (Å²) in [7, 11) is 0. The van der Waals surface area contributed by atoms with Crippen LogP contribution in [0, 0.1) is 5.82 Å². The number of pyridine rings is 1. The van der Waals surface area contributed by atoms with Crippen LogP contribution in [0.5, 0.6) is 0 Å². The maximum atomic E-state index is 14.0. The molecule has 1 aliphatic heterocycles. The van der Waals surface area contributed by atoms with Gasteiger partial charge in [-0.05, 0) is 23.8 Å². The van der Waals surface area contributed by atoms with E-state index in [9.17, 15) is 9.18 Å². The first-order valence-corrected chi connectivity index (χ1v) is 10.3. The Kier molecular flexibility index (Phi) is 5.14. The predicted molar refractivity (Wildman–Crippen MR) is 118 cm³/mol. The Balaban J connectivity index is 1.32. The van der Waals surface area contributed by atoms with Gasteiger partial charge in [-0.15, -0.1) is 0 Å². The van der Waals surface area contributed by atoms with Crippen LogP contribution in [0.25, 0.3) is 22.6 Å². The Morgan fingerprint density at radius 3 is 2.58 bits per heavy atom. The van der Waals surface area contributed by atoms with Crippen molar-refractivity contribution in [2.24, 2.45) is 0 Å². The lowest BCUT2D eigenvalue weighted by Crippen LogP contribution is -2.35. The molecule has 31 heavy (non-hydrogen) atoms. The van der Waals surface area contributed by atoms with Crippen molar-refractivity contribution < 1.29 is 4.39 Å². The number of aromatic nitrogens is 3. The summed E-state index contributed by atoms with van der Waals surface area (Å²) < 4.78 is 14.0. The fourth-order valence-electron chi connectivity index (χ4n) is 3.95. The number of nitrogens with zero attached hydrogens (tertiary/aromatic N) is 3. The highest BCUT2D eigenvalue weighted by Crippen LogP contribution is 2.22. The van der Waals surface area contributed by atoms with Crippen LogP contribution in [0.2, 0.25) is 0 Å². The van der Waals surface area contributed by atoms with Crippen LogP contribution < -0.4 is 5.56 Å². The number of benzene rings is 2. The van der Waals surface area contributed by atoms with Crippen molar-refractivity contribution >= 4 is 0 Å². The van der Waals surface area contributed by atoms with Gasteiger partial charge in [0.1, 0.15) is 11.6 Å². The summed E-state index contributed by atoms with van der Waals surface area (Å²) in [6.07, 6.45) is 2.50. The highest BCUT2D eigenvalue weighted by molar-refractivity contribution is 5.59. The van der Waals surface area contributed by atoms with E-state index in [-0.39, 0.29) is 11.4 Å². The second kappa shape index (κ2) is 8.24. The summed E-state index contributed by atoms with van der Waals surface area (Å²) in [5.74, 6) is 0.336. The molecule has 0 aliphatic carbocycles. The molecular formula is C25H21FN4O. The molecule has 5 rings (SSSR count). The molecule has 0 radical (unpaired) electrons. The minimum absolute atomic E-state index is 0.0819. The highest BCUT2D eigenvalue weighted by Gasteiger charge is 2.21. The van der Waals surface area contributed by atoms with Gasteiger partial charge in [0.15, 0.2) is 0 Å². The lowest BCUT2D eigenvalue weighted by molar-refractivity contribution is 0.241. The molecule has 0 saturated carbocycles. The molecule has 1 aliphatic rings. The van der Waals surface area contributed by atoms with E-state index < -0.39 is 0 Å². The van der Waals surface area contributed by atoms with E-state index in [2.05, 4.69) is 14.9 Å². The quantitative estimate of drug-likeness (QED) is 0.546. The molecule has 154 valence electrons. The second-order valence-corrected chi connectivity index (χ2v) is 7.70. The molecule has 1 N–H and O–H groups in total. The molecule has 0 amide bonds. The summed E-state index contributed by atoms with van der Waals surface area (Å²) in [4.78, 5) is 27.0. The third-order valence-electron chi connectivity index (χ3n) is 5.58. The molecule has 3 heterocycles. The largest absolute Gasteiger partial charge is 0.306 e. The van der Waals surface area contributed by atoms with E-state index in [0.717, 1.165) is 35.3 Å². The molecular weight excluding hydrogens is 391 g/mol. The monoisotopic (exact) mass is 412 g/mol. The van der Waals surface area contributed by atoms with Crippen molar-refractivity contribution in [2.75, 3.05) is 6.54 Å². The van der Waals surface area contributed by atoms with Crippen LogP contribution in [0.1, 0.15) is 16.8 Å². The van der Waals surface area contributed by atoms with Gasteiger partial charge in [0, 0.05) is 43.4 Å². The molecule has 0 spiro atoms. The van der Waals surface area contributed by atoms with Crippen LogP contribution in [-0.2, 0) is 19.5 Å². The van der Waals surface area contributed by atoms with Crippen LogP contribution in [0.4, 0.5) is 4.39 Å². The number of rotatable bonds is 4. The molecule has 2 aromatic heterocycles. The third-order valence-corrected chi connectivity index (χ3v) is 5.58. The van der Waals surface area contributed by atoms with Crippen LogP contribution in [0.3, 0.4) is 0 Å². The maximum absolute atomic E-state index is 14.0. The van der Waals surface area contributed by atoms with Gasteiger partial charge in [0.25, 0.3) is 5.56 Å². The van der Waals surface area contributed by atoms with Crippen LogP contribution in [0.15, 0.2) is 77.7 Å². The van der Waals surface area contributed by atoms with Gasteiger partial charge in [-0.2, -0.15) is 0 Å². The first-order valence-electron chi connectivity index (χ1n) is 10.3. The van der Waals surface area contributed by atoms with E-state index in [4.69, 9.17) is 4.98 Å². The van der Waals surface area contributed by atoms with Gasteiger partial charge in [-0.3, -0.25) is 14.7 Å². The molecule has 4 aromatic rings. The number of H-pyrrole nitrogens is 1. The van der Waals surface area contributed by atoms with Crippen LogP contribution >= 0.6 is 0 Å². The molecule has 6 heteroatoms. The van der Waals surface area contributed by atoms with E-state index in [0.29, 0.717) is 30.2 Å². The molecule has 0 bridgehead atoms. The van der Waals surface area contributed by atoms with Crippen molar-refractivity contribution in [1.82, 2.24) is 19.9 Å². The Morgan fingerprint density at radius 2 is 1.81 bits per heavy atom. The Labute approximate surface area is 179 Å². The van der Waals surface area contributed by atoms with Gasteiger partial charge in [-0.25, -0.2) is 9.37 Å². The summed E-state index contributed by atoms with van der Waals surface area (Å²) in [6, 6.07) is 20.1. The van der Waals surface area contributed by atoms with E-state index in [1.54, 1.807) is 24.4 Å². The summed E-state index contributed by atoms with van der Waals surface area (Å²) in [6.45, 7) is 2.03. The second-order valence-electron chi connectivity index (χ2n) is 7.70. The van der Waals surface area contributed by atoms with E-state index >= 15 is 0 Å². The molecule has 2 aromatic carbocycles. The van der Waals surface area contributed by atoms with E-state index in [1.807, 2.05) is 42.5 Å². The zero-order valence-electron chi connectivity index (χ0n) is 16.9. The summed E-state index contributed by atoms with van der Waals surface area (Å²) in [5, 5.41) is 0. The summed E-state index contributed by atoms with van der Waals surface area (Å²) in [5.41, 5.74) is 4.54. The number of fused-ring (bicyclic) bond motifs is 1. The fraction of sp³-hybridized carbons (Fsp3) is 0.160. The van der Waals surface area contributed by atoms with Gasteiger partial charge in [0.05, 0.1) is 17.0 Å². The Morgan fingerprint density at radius 1 is 1.00 bits per heavy atom. The van der Waals surface area contributed by atoms with Crippen molar-refractivity contribution in [3.8, 4) is 22.6 Å². The number of halogens is 1. The third kappa shape index (κ3) is 4.02. The minimum atomic E-state index is -0.281. The molecule has 0 saturated heterocycles. The number of nitrogens with one attached hydrogen (secondary N) is 1.